The summed E-state index contributed by atoms with van der Waals surface area (Å²) in [6, 6.07) is 8.69. The van der Waals surface area contributed by atoms with Gasteiger partial charge in [0.25, 0.3) is 5.91 Å². The molecule has 1 saturated heterocycles. The topological polar surface area (TPSA) is 100 Å². The summed E-state index contributed by atoms with van der Waals surface area (Å²) in [7, 11) is -3.49. The average molecular weight is 424 g/mol. The number of sulfonamides is 1. The van der Waals surface area contributed by atoms with E-state index < -0.39 is 16.1 Å². The minimum absolute atomic E-state index is 0.198. The van der Waals surface area contributed by atoms with Crippen molar-refractivity contribution in [2.45, 2.75) is 26.3 Å². The number of nitrogens with zero attached hydrogens (tertiary/aromatic N) is 1. The number of rotatable bonds is 9. The molecule has 1 aliphatic heterocycles. The van der Waals surface area contributed by atoms with Crippen LogP contribution in [0.2, 0.25) is 0 Å². The van der Waals surface area contributed by atoms with E-state index in [4.69, 9.17) is 0 Å². The third kappa shape index (κ3) is 7.60. The highest BCUT2D eigenvalue weighted by molar-refractivity contribution is 7.92. The maximum absolute atomic E-state index is 12.5. The van der Waals surface area contributed by atoms with E-state index in [0.29, 0.717) is 32.7 Å². The van der Waals surface area contributed by atoms with E-state index in [1.54, 1.807) is 13.0 Å². The fourth-order valence-electron chi connectivity index (χ4n) is 3.03. The summed E-state index contributed by atoms with van der Waals surface area (Å²) in [6.45, 7) is 6.22. The zero-order valence-corrected chi connectivity index (χ0v) is 17.9. The molecular formula is C20H31N4O4S+. The number of nitrogens with one attached hydrogen (secondary N) is 3. The standard InChI is InChI=1S/C20H30N4O4S/c1-3-10-21-20(26)17(2)22-19(25)16-23-11-13-24(14-12-23)29(27,28)15-9-18-7-5-4-6-8-18/h4-9,15,17H,3,10-14,16H2,1-2H3,(H,21,26)(H,22,25)/p+1/b15-9+/t17-/m0/s1. The average Bonchev–Trinajstić information content (AvgIpc) is 2.71. The molecule has 160 valence electrons. The molecule has 29 heavy (non-hydrogen) atoms. The second-order valence-corrected chi connectivity index (χ2v) is 8.98. The highest BCUT2D eigenvalue weighted by Gasteiger charge is 2.29. The molecule has 0 aromatic heterocycles. The van der Waals surface area contributed by atoms with Gasteiger partial charge in [0.2, 0.25) is 15.9 Å². The second kappa shape index (κ2) is 11.1. The van der Waals surface area contributed by atoms with Crippen molar-refractivity contribution in [2.75, 3.05) is 39.3 Å². The van der Waals surface area contributed by atoms with Gasteiger partial charge in [-0.05, 0) is 25.0 Å². The fourth-order valence-corrected chi connectivity index (χ4v) is 4.23. The fraction of sp³-hybridized carbons (Fsp3) is 0.500. The van der Waals surface area contributed by atoms with Crippen LogP contribution in [0.1, 0.15) is 25.8 Å². The first-order valence-corrected chi connectivity index (χ1v) is 11.5. The largest absolute Gasteiger partial charge is 0.354 e. The zero-order valence-electron chi connectivity index (χ0n) is 17.1. The van der Waals surface area contributed by atoms with Crippen LogP contribution in [0.15, 0.2) is 35.7 Å². The molecule has 0 spiro atoms. The van der Waals surface area contributed by atoms with Gasteiger partial charge in [0.05, 0.1) is 26.2 Å². The summed E-state index contributed by atoms with van der Waals surface area (Å²) in [5.41, 5.74) is 0.828. The lowest BCUT2D eigenvalue weighted by Crippen LogP contribution is -3.15. The van der Waals surface area contributed by atoms with Gasteiger partial charge in [-0.2, -0.15) is 4.31 Å². The Kier molecular flexibility index (Phi) is 8.81. The van der Waals surface area contributed by atoms with Crippen molar-refractivity contribution in [1.29, 1.82) is 0 Å². The molecule has 0 aliphatic carbocycles. The third-order valence-electron chi connectivity index (χ3n) is 4.75. The van der Waals surface area contributed by atoms with Crippen molar-refractivity contribution >= 4 is 27.9 Å². The molecule has 0 bridgehead atoms. The Labute approximate surface area is 173 Å². The van der Waals surface area contributed by atoms with Gasteiger partial charge in [0.1, 0.15) is 6.04 Å². The van der Waals surface area contributed by atoms with Crippen LogP contribution in [0.5, 0.6) is 0 Å². The number of quaternary nitrogens is 1. The molecule has 9 heteroatoms. The minimum Gasteiger partial charge on any atom is -0.354 e. The van der Waals surface area contributed by atoms with Crippen molar-refractivity contribution in [1.82, 2.24) is 14.9 Å². The molecule has 3 N–H and O–H groups in total. The Morgan fingerprint density at radius 2 is 1.86 bits per heavy atom. The Balaban J connectivity index is 1.78. The SMILES string of the molecule is CCCNC(=O)[C@H](C)NC(=O)C[NH+]1CCN(S(=O)(=O)/C=C/c2ccccc2)CC1. The van der Waals surface area contributed by atoms with Crippen LogP contribution >= 0.6 is 0 Å². The van der Waals surface area contributed by atoms with E-state index >= 15 is 0 Å². The van der Waals surface area contributed by atoms with E-state index in [1.807, 2.05) is 37.3 Å². The third-order valence-corrected chi connectivity index (χ3v) is 6.32. The minimum atomic E-state index is -3.49. The predicted octanol–water partition coefficient (Wildman–Crippen LogP) is -0.781. The number of carbonyl (C=O) groups excluding carboxylic acids is 2. The molecule has 0 unspecified atom stereocenters. The Hall–Kier alpha value is -2.23. The van der Waals surface area contributed by atoms with Crippen molar-refractivity contribution in [3.05, 3.63) is 41.3 Å². The number of hydrogen-bond acceptors (Lipinski definition) is 4. The van der Waals surface area contributed by atoms with Crippen LogP contribution in [0.25, 0.3) is 6.08 Å². The molecule has 8 nitrogen and oxygen atoms in total. The Morgan fingerprint density at radius 3 is 2.48 bits per heavy atom. The van der Waals surface area contributed by atoms with Gasteiger partial charge in [0.15, 0.2) is 6.54 Å². The van der Waals surface area contributed by atoms with Crippen molar-refractivity contribution < 1.29 is 22.9 Å². The molecule has 1 aromatic carbocycles. The van der Waals surface area contributed by atoms with Gasteiger partial charge in [-0.3, -0.25) is 9.59 Å². The summed E-state index contributed by atoms with van der Waals surface area (Å²) in [5, 5.41) is 6.68. The van der Waals surface area contributed by atoms with Gasteiger partial charge < -0.3 is 15.5 Å². The zero-order chi connectivity index (χ0) is 21.3. The second-order valence-electron chi connectivity index (χ2n) is 7.16. The molecule has 2 amide bonds. The summed E-state index contributed by atoms with van der Waals surface area (Å²) >= 11 is 0. The summed E-state index contributed by atoms with van der Waals surface area (Å²) in [4.78, 5) is 25.0. The van der Waals surface area contributed by atoms with Crippen molar-refractivity contribution in [3.63, 3.8) is 0 Å². The van der Waals surface area contributed by atoms with Crippen LogP contribution in [0.4, 0.5) is 0 Å². The Bertz CT molecular complexity index is 803. The molecule has 1 aliphatic rings. The Morgan fingerprint density at radius 1 is 1.21 bits per heavy atom. The molecule has 1 fully saturated rings. The molecule has 0 saturated carbocycles. The maximum Gasteiger partial charge on any atom is 0.275 e. The molecule has 1 heterocycles. The van der Waals surface area contributed by atoms with Gasteiger partial charge in [-0.25, -0.2) is 8.42 Å². The van der Waals surface area contributed by atoms with Crippen LogP contribution < -0.4 is 15.5 Å². The first kappa shape index (κ1) is 23.1. The lowest BCUT2D eigenvalue weighted by Gasteiger charge is -2.30. The van der Waals surface area contributed by atoms with Crippen molar-refractivity contribution in [2.24, 2.45) is 0 Å². The first-order valence-electron chi connectivity index (χ1n) is 9.95. The number of carbonyl (C=O) groups is 2. The van der Waals surface area contributed by atoms with E-state index in [1.165, 1.54) is 9.71 Å². The van der Waals surface area contributed by atoms with E-state index in [9.17, 15) is 18.0 Å². The van der Waals surface area contributed by atoms with Gasteiger partial charge in [0, 0.05) is 12.0 Å². The van der Waals surface area contributed by atoms with Crippen LogP contribution in [0, 0.1) is 0 Å². The van der Waals surface area contributed by atoms with Gasteiger partial charge in [-0.1, -0.05) is 37.3 Å². The van der Waals surface area contributed by atoms with Gasteiger partial charge in [-0.15, -0.1) is 0 Å². The summed E-state index contributed by atoms with van der Waals surface area (Å²) in [6.07, 6.45) is 2.43. The number of amides is 2. The molecule has 1 atom stereocenters. The molecule has 0 radical (unpaired) electrons. The van der Waals surface area contributed by atoms with Crippen LogP contribution in [-0.2, 0) is 19.6 Å². The molecular weight excluding hydrogens is 392 g/mol. The maximum atomic E-state index is 12.5. The first-order chi connectivity index (χ1) is 13.8. The highest BCUT2D eigenvalue weighted by atomic mass is 32.2. The van der Waals surface area contributed by atoms with Gasteiger partial charge >= 0.3 is 0 Å². The number of benzene rings is 1. The molecule has 1 aromatic rings. The highest BCUT2D eigenvalue weighted by Crippen LogP contribution is 2.08. The van der Waals surface area contributed by atoms with Crippen LogP contribution in [-0.4, -0.2) is 69.8 Å². The predicted molar refractivity (Wildman–Crippen MR) is 112 cm³/mol. The number of piperazine rings is 1. The normalized spacial score (nSPS) is 17.2. The smallest absolute Gasteiger partial charge is 0.275 e. The quantitative estimate of drug-likeness (QED) is 0.485. The summed E-state index contributed by atoms with van der Waals surface area (Å²) < 4.78 is 26.4. The van der Waals surface area contributed by atoms with Crippen LogP contribution in [0.3, 0.4) is 0 Å². The van der Waals surface area contributed by atoms with E-state index in [2.05, 4.69) is 10.6 Å². The van der Waals surface area contributed by atoms with E-state index in [-0.39, 0.29) is 18.4 Å². The van der Waals surface area contributed by atoms with E-state index in [0.717, 1.165) is 16.9 Å². The lowest BCUT2D eigenvalue weighted by atomic mass is 10.2. The lowest BCUT2D eigenvalue weighted by molar-refractivity contribution is -0.895. The monoisotopic (exact) mass is 423 g/mol. The molecule has 2 rings (SSSR count). The number of hydrogen-bond donors (Lipinski definition) is 3. The van der Waals surface area contributed by atoms with Crippen molar-refractivity contribution in [3.8, 4) is 0 Å². The summed E-state index contributed by atoms with van der Waals surface area (Å²) in [5.74, 6) is -0.407.